The van der Waals surface area contributed by atoms with E-state index in [0.717, 1.165) is 5.57 Å². The Labute approximate surface area is 162 Å². The average molecular weight is 392 g/mol. The predicted molar refractivity (Wildman–Crippen MR) is 104 cm³/mol. The van der Waals surface area contributed by atoms with E-state index in [1.165, 1.54) is 0 Å². The summed E-state index contributed by atoms with van der Waals surface area (Å²) in [5.74, 6) is 0.345. The van der Waals surface area contributed by atoms with Gasteiger partial charge >= 0.3 is 5.97 Å². The Bertz CT molecular complexity index is 879. The summed E-state index contributed by atoms with van der Waals surface area (Å²) in [6.07, 6.45) is -0.0428. The molecule has 0 saturated heterocycles. The van der Waals surface area contributed by atoms with Crippen molar-refractivity contribution in [1.29, 1.82) is 0 Å². The second-order valence-electron chi connectivity index (χ2n) is 6.26. The van der Waals surface area contributed by atoms with Gasteiger partial charge in [0.2, 0.25) is 5.76 Å². The zero-order valence-electron chi connectivity index (χ0n) is 14.7. The Hall–Kier alpha value is -2.17. The summed E-state index contributed by atoms with van der Waals surface area (Å²) in [5, 5.41) is 4.18. The number of hydrogen-bond donors (Lipinski definition) is 1. The van der Waals surface area contributed by atoms with Crippen molar-refractivity contribution in [2.75, 3.05) is 5.32 Å². The van der Waals surface area contributed by atoms with E-state index >= 15 is 0 Å². The van der Waals surface area contributed by atoms with Gasteiger partial charge in [0.1, 0.15) is 6.10 Å². The highest BCUT2D eigenvalue weighted by atomic mass is 35.5. The third-order valence-corrected chi connectivity index (χ3v) is 5.07. The van der Waals surface area contributed by atoms with Crippen LogP contribution in [0.1, 0.15) is 20.8 Å². The molecule has 0 saturated carbocycles. The van der Waals surface area contributed by atoms with Crippen LogP contribution in [0.4, 0.5) is 11.4 Å². The maximum atomic E-state index is 12.6. The van der Waals surface area contributed by atoms with Crippen molar-refractivity contribution in [3.63, 3.8) is 0 Å². The number of halogens is 2. The van der Waals surface area contributed by atoms with Crippen molar-refractivity contribution in [2.24, 2.45) is 5.92 Å². The summed E-state index contributed by atoms with van der Waals surface area (Å²) in [5.41, 5.74) is 2.17. The van der Waals surface area contributed by atoms with Gasteiger partial charge in [-0.05, 0) is 49.8 Å². The van der Waals surface area contributed by atoms with Gasteiger partial charge < -0.3 is 14.8 Å². The highest BCUT2D eigenvalue weighted by Gasteiger charge is 2.32. The Balaban J connectivity index is 1.83. The zero-order chi connectivity index (χ0) is 18.8. The van der Waals surface area contributed by atoms with Crippen LogP contribution in [-0.4, -0.2) is 12.1 Å². The smallest absolute Gasteiger partial charge is 0.379 e. The van der Waals surface area contributed by atoms with Crippen LogP contribution in [0.5, 0.6) is 5.75 Å². The third kappa shape index (κ3) is 3.81. The first-order chi connectivity index (χ1) is 12.4. The summed E-state index contributed by atoms with van der Waals surface area (Å²) in [7, 11) is 0. The molecule has 4 nitrogen and oxygen atoms in total. The molecule has 0 aliphatic carbocycles. The molecular weight excluding hydrogens is 373 g/mol. The molecule has 0 amide bonds. The van der Waals surface area contributed by atoms with Crippen molar-refractivity contribution >= 4 is 40.5 Å². The van der Waals surface area contributed by atoms with Gasteiger partial charge in [-0.1, -0.05) is 42.3 Å². The largest absolute Gasteiger partial charge is 0.483 e. The summed E-state index contributed by atoms with van der Waals surface area (Å²) in [4.78, 5) is 12.6. The summed E-state index contributed by atoms with van der Waals surface area (Å²) < 4.78 is 11.2. The Morgan fingerprint density at radius 3 is 2.50 bits per heavy atom. The maximum Gasteiger partial charge on any atom is 0.379 e. The van der Waals surface area contributed by atoms with Gasteiger partial charge in [0.05, 0.1) is 16.4 Å². The molecule has 3 rings (SSSR count). The van der Waals surface area contributed by atoms with Gasteiger partial charge in [-0.2, -0.15) is 0 Å². The van der Waals surface area contributed by atoms with E-state index in [0.29, 0.717) is 27.2 Å². The maximum absolute atomic E-state index is 12.6. The molecule has 0 bridgehead atoms. The quantitative estimate of drug-likeness (QED) is 0.514. The fourth-order valence-electron chi connectivity index (χ4n) is 2.69. The Morgan fingerprint density at radius 2 is 1.85 bits per heavy atom. The molecular formula is C20H19Cl2NO3. The van der Waals surface area contributed by atoms with Crippen LogP contribution in [0.3, 0.4) is 0 Å². The summed E-state index contributed by atoms with van der Waals surface area (Å²) in [6, 6.07) is 12.3. The van der Waals surface area contributed by atoms with Crippen molar-refractivity contribution in [2.45, 2.75) is 26.9 Å². The number of carbonyl (C=O) groups excluding carboxylic acids is 1. The molecule has 1 heterocycles. The van der Waals surface area contributed by atoms with Crippen LogP contribution in [0.15, 0.2) is 53.8 Å². The SMILES string of the molecule is CC1=C(C(=O)Oc2ccccc2Nc2ccc(Cl)cc2Cl)OC(C)C1C. The minimum Gasteiger partial charge on any atom is -0.483 e. The lowest BCUT2D eigenvalue weighted by Gasteiger charge is -2.14. The first-order valence-electron chi connectivity index (χ1n) is 8.27. The normalized spacial score (nSPS) is 19.3. The number of para-hydroxylation sites is 2. The molecule has 0 radical (unpaired) electrons. The van der Waals surface area contributed by atoms with Crippen LogP contribution < -0.4 is 10.1 Å². The number of rotatable bonds is 4. The molecule has 0 spiro atoms. The molecule has 26 heavy (non-hydrogen) atoms. The van der Waals surface area contributed by atoms with E-state index in [1.54, 1.807) is 36.4 Å². The Morgan fingerprint density at radius 1 is 1.12 bits per heavy atom. The number of anilines is 2. The van der Waals surface area contributed by atoms with Crippen molar-refractivity contribution in [3.8, 4) is 5.75 Å². The van der Waals surface area contributed by atoms with E-state index in [1.807, 2.05) is 26.8 Å². The van der Waals surface area contributed by atoms with Crippen LogP contribution in [0, 0.1) is 5.92 Å². The molecule has 136 valence electrons. The van der Waals surface area contributed by atoms with Gasteiger partial charge in [0.15, 0.2) is 5.75 Å². The topological polar surface area (TPSA) is 47.6 Å². The van der Waals surface area contributed by atoms with Gasteiger partial charge in [0.25, 0.3) is 0 Å². The van der Waals surface area contributed by atoms with Gasteiger partial charge in [-0.3, -0.25) is 0 Å². The monoisotopic (exact) mass is 391 g/mol. The molecule has 1 N–H and O–H groups in total. The van der Waals surface area contributed by atoms with Crippen molar-refractivity contribution in [1.82, 2.24) is 0 Å². The lowest BCUT2D eigenvalue weighted by atomic mass is 9.99. The van der Waals surface area contributed by atoms with E-state index in [4.69, 9.17) is 32.7 Å². The minimum atomic E-state index is -0.504. The van der Waals surface area contributed by atoms with Crippen molar-refractivity contribution < 1.29 is 14.3 Å². The number of hydrogen-bond acceptors (Lipinski definition) is 4. The molecule has 0 aromatic heterocycles. The molecule has 2 aromatic carbocycles. The fourth-order valence-corrected chi connectivity index (χ4v) is 3.15. The third-order valence-electron chi connectivity index (χ3n) is 4.52. The summed E-state index contributed by atoms with van der Waals surface area (Å²) in [6.45, 7) is 5.85. The number of benzene rings is 2. The molecule has 2 aromatic rings. The predicted octanol–water partition coefficient (Wildman–Crippen LogP) is 5.97. The highest BCUT2D eigenvalue weighted by molar-refractivity contribution is 6.36. The van der Waals surface area contributed by atoms with Crippen LogP contribution in [-0.2, 0) is 9.53 Å². The van der Waals surface area contributed by atoms with Crippen LogP contribution in [0.25, 0.3) is 0 Å². The molecule has 1 aliphatic heterocycles. The molecule has 2 atom stereocenters. The number of nitrogens with one attached hydrogen (secondary N) is 1. The second-order valence-corrected chi connectivity index (χ2v) is 7.10. The lowest BCUT2D eigenvalue weighted by molar-refractivity contribution is -0.134. The minimum absolute atomic E-state index is 0.0428. The first-order valence-corrected chi connectivity index (χ1v) is 9.03. The first kappa shape index (κ1) is 18.6. The van der Waals surface area contributed by atoms with E-state index in [-0.39, 0.29) is 17.8 Å². The van der Waals surface area contributed by atoms with Gasteiger partial charge in [-0.15, -0.1) is 0 Å². The van der Waals surface area contributed by atoms with Crippen LogP contribution in [0.2, 0.25) is 10.0 Å². The molecule has 0 fully saturated rings. The number of esters is 1. The van der Waals surface area contributed by atoms with E-state index < -0.39 is 5.97 Å². The standard InChI is InChI=1S/C20H19Cl2NO3/c1-11-12(2)19(25-13(11)3)20(24)26-18-7-5-4-6-17(18)23-16-9-8-14(21)10-15(16)22/h4-11,13,23H,1-3H3. The second kappa shape index (κ2) is 7.60. The Kier molecular flexibility index (Phi) is 5.44. The molecule has 2 unspecified atom stereocenters. The fraction of sp³-hybridized carbons (Fsp3) is 0.250. The average Bonchev–Trinajstić information content (AvgIpc) is 2.86. The zero-order valence-corrected chi connectivity index (χ0v) is 16.2. The summed E-state index contributed by atoms with van der Waals surface area (Å²) >= 11 is 12.1. The number of carbonyl (C=O) groups is 1. The highest BCUT2D eigenvalue weighted by Crippen LogP contribution is 2.35. The number of ether oxygens (including phenoxy) is 2. The van der Waals surface area contributed by atoms with Crippen molar-refractivity contribution in [3.05, 3.63) is 63.8 Å². The lowest BCUT2D eigenvalue weighted by Crippen LogP contribution is -2.15. The van der Waals surface area contributed by atoms with Crippen LogP contribution >= 0.6 is 23.2 Å². The van der Waals surface area contributed by atoms with E-state index in [2.05, 4.69) is 5.32 Å². The molecule has 1 aliphatic rings. The van der Waals surface area contributed by atoms with E-state index in [9.17, 15) is 4.79 Å². The van der Waals surface area contributed by atoms with Gasteiger partial charge in [-0.25, -0.2) is 4.79 Å². The molecule has 6 heteroatoms. The van der Waals surface area contributed by atoms with Gasteiger partial charge in [0, 0.05) is 10.9 Å².